The number of rotatable bonds is 6. The van der Waals surface area contributed by atoms with Gasteiger partial charge in [0.1, 0.15) is 0 Å². The molecule has 1 aliphatic carbocycles. The first-order chi connectivity index (χ1) is 10.1. The Kier molecular flexibility index (Phi) is 5.83. The molecular formula is C19H31NO. The highest BCUT2D eigenvalue weighted by molar-refractivity contribution is 5.24. The monoisotopic (exact) mass is 289 g/mol. The van der Waals surface area contributed by atoms with Crippen LogP contribution in [-0.2, 0) is 11.3 Å². The van der Waals surface area contributed by atoms with Gasteiger partial charge in [-0.25, -0.2) is 0 Å². The number of nitrogens with two attached hydrogens (primary N) is 1. The molecule has 1 aliphatic rings. The fraction of sp³-hybridized carbons (Fsp3) is 0.684. The van der Waals surface area contributed by atoms with Crippen molar-refractivity contribution in [2.75, 3.05) is 6.54 Å². The molecule has 1 aromatic carbocycles. The third-order valence-corrected chi connectivity index (χ3v) is 5.16. The molecule has 1 aromatic rings. The van der Waals surface area contributed by atoms with Gasteiger partial charge in [-0.3, -0.25) is 0 Å². The predicted octanol–water partition coefficient (Wildman–Crippen LogP) is 4.62. The van der Waals surface area contributed by atoms with Gasteiger partial charge in [0.05, 0.1) is 12.2 Å². The van der Waals surface area contributed by atoms with Crippen molar-refractivity contribution in [1.82, 2.24) is 0 Å². The van der Waals surface area contributed by atoms with E-state index in [4.69, 9.17) is 10.5 Å². The van der Waals surface area contributed by atoms with Gasteiger partial charge in [-0.05, 0) is 48.6 Å². The van der Waals surface area contributed by atoms with E-state index in [1.54, 1.807) is 0 Å². The molecule has 0 radical (unpaired) electrons. The van der Waals surface area contributed by atoms with Crippen LogP contribution in [0.1, 0.15) is 69.9 Å². The molecule has 0 heterocycles. The van der Waals surface area contributed by atoms with E-state index in [0.717, 1.165) is 18.8 Å². The number of hydrogen-bond acceptors (Lipinski definition) is 2. The molecule has 2 rings (SSSR count). The Morgan fingerprint density at radius 2 is 1.81 bits per heavy atom. The third kappa shape index (κ3) is 4.31. The maximum atomic E-state index is 6.27. The van der Waals surface area contributed by atoms with Gasteiger partial charge in [0, 0.05) is 6.54 Å². The minimum atomic E-state index is -0.0810. The van der Waals surface area contributed by atoms with E-state index in [1.807, 2.05) is 0 Å². The molecule has 2 nitrogen and oxygen atoms in total. The van der Waals surface area contributed by atoms with E-state index >= 15 is 0 Å². The largest absolute Gasteiger partial charge is 0.369 e. The van der Waals surface area contributed by atoms with Crippen molar-refractivity contribution >= 4 is 0 Å². The summed E-state index contributed by atoms with van der Waals surface area (Å²) in [6.07, 6.45) is 6.05. The Labute approximate surface area is 130 Å². The summed E-state index contributed by atoms with van der Waals surface area (Å²) < 4.78 is 6.27. The lowest BCUT2D eigenvalue weighted by molar-refractivity contribution is -0.0813. The average molecular weight is 289 g/mol. The summed E-state index contributed by atoms with van der Waals surface area (Å²) in [5.74, 6) is 1.46. The summed E-state index contributed by atoms with van der Waals surface area (Å²) in [6.45, 7) is 8.07. The summed E-state index contributed by atoms with van der Waals surface area (Å²) in [5.41, 5.74) is 8.59. The zero-order valence-electron chi connectivity index (χ0n) is 13.9. The normalized spacial score (nSPS) is 26.2. The highest BCUT2D eigenvalue weighted by Crippen LogP contribution is 2.36. The zero-order chi connectivity index (χ0) is 15.3. The number of hydrogen-bond donors (Lipinski definition) is 1. The lowest BCUT2D eigenvalue weighted by atomic mass is 9.77. The minimum Gasteiger partial charge on any atom is -0.369 e. The van der Waals surface area contributed by atoms with Crippen LogP contribution in [0.4, 0.5) is 0 Å². The molecule has 118 valence electrons. The van der Waals surface area contributed by atoms with Crippen molar-refractivity contribution in [1.29, 1.82) is 0 Å². The maximum absolute atomic E-state index is 6.27. The summed E-state index contributed by atoms with van der Waals surface area (Å²) >= 11 is 0. The van der Waals surface area contributed by atoms with Gasteiger partial charge >= 0.3 is 0 Å². The first kappa shape index (κ1) is 16.5. The summed E-state index contributed by atoms with van der Waals surface area (Å²) in [6, 6.07) is 8.81. The van der Waals surface area contributed by atoms with Gasteiger partial charge in [-0.15, -0.1) is 0 Å². The van der Waals surface area contributed by atoms with Gasteiger partial charge in [-0.1, -0.05) is 51.5 Å². The Bertz CT molecular complexity index is 416. The van der Waals surface area contributed by atoms with Crippen molar-refractivity contribution in [2.24, 2.45) is 11.7 Å². The van der Waals surface area contributed by atoms with E-state index in [0.29, 0.717) is 19.1 Å². The van der Waals surface area contributed by atoms with Gasteiger partial charge in [0.15, 0.2) is 0 Å². The third-order valence-electron chi connectivity index (χ3n) is 5.16. The van der Waals surface area contributed by atoms with Gasteiger partial charge in [-0.2, -0.15) is 0 Å². The first-order valence-corrected chi connectivity index (χ1v) is 8.51. The minimum absolute atomic E-state index is 0.0810. The topological polar surface area (TPSA) is 35.2 Å². The van der Waals surface area contributed by atoms with Crippen LogP contribution in [0.25, 0.3) is 0 Å². The quantitative estimate of drug-likeness (QED) is 0.829. The molecule has 1 fully saturated rings. The van der Waals surface area contributed by atoms with E-state index in [-0.39, 0.29) is 5.60 Å². The van der Waals surface area contributed by atoms with Crippen LogP contribution in [0.2, 0.25) is 0 Å². The lowest BCUT2D eigenvalue weighted by Crippen LogP contribution is -2.43. The second-order valence-electron chi connectivity index (χ2n) is 6.92. The zero-order valence-corrected chi connectivity index (χ0v) is 13.9. The molecule has 0 atom stereocenters. The maximum Gasteiger partial charge on any atom is 0.0808 e. The van der Waals surface area contributed by atoms with Crippen molar-refractivity contribution in [3.05, 3.63) is 35.4 Å². The van der Waals surface area contributed by atoms with Gasteiger partial charge in [0.2, 0.25) is 0 Å². The molecule has 0 saturated heterocycles. The molecule has 0 aliphatic heterocycles. The van der Waals surface area contributed by atoms with Crippen LogP contribution in [-0.4, -0.2) is 12.1 Å². The second-order valence-corrected chi connectivity index (χ2v) is 6.92. The SMILES string of the molecule is CCC1CCC(CN)(OCc2ccc(C(C)C)cc2)CC1. The molecule has 2 heteroatoms. The van der Waals surface area contributed by atoms with Crippen molar-refractivity contribution < 1.29 is 4.74 Å². The molecule has 0 amide bonds. The molecule has 2 N–H and O–H groups in total. The molecule has 0 unspecified atom stereocenters. The molecule has 0 aromatic heterocycles. The molecular weight excluding hydrogens is 258 g/mol. The number of ether oxygens (including phenoxy) is 1. The van der Waals surface area contributed by atoms with Crippen LogP contribution < -0.4 is 5.73 Å². The van der Waals surface area contributed by atoms with Gasteiger partial charge < -0.3 is 10.5 Å². The molecule has 0 bridgehead atoms. The van der Waals surface area contributed by atoms with Crippen LogP contribution in [0.5, 0.6) is 0 Å². The number of benzene rings is 1. The Morgan fingerprint density at radius 1 is 1.19 bits per heavy atom. The molecule has 21 heavy (non-hydrogen) atoms. The van der Waals surface area contributed by atoms with E-state index in [9.17, 15) is 0 Å². The fourth-order valence-corrected chi connectivity index (χ4v) is 3.25. The Hall–Kier alpha value is -0.860. The predicted molar refractivity (Wildman–Crippen MR) is 89.4 cm³/mol. The van der Waals surface area contributed by atoms with Crippen molar-refractivity contribution in [3.63, 3.8) is 0 Å². The van der Waals surface area contributed by atoms with E-state index in [2.05, 4.69) is 45.0 Å². The lowest BCUT2D eigenvalue weighted by Gasteiger charge is -2.39. The molecule has 1 saturated carbocycles. The first-order valence-electron chi connectivity index (χ1n) is 8.51. The Balaban J connectivity index is 1.91. The standard InChI is InChI=1S/C19H31NO/c1-4-16-9-11-19(14-20,12-10-16)21-13-17-5-7-18(8-6-17)15(2)3/h5-8,15-16H,4,9-14,20H2,1-3H3. The van der Waals surface area contributed by atoms with Crippen molar-refractivity contribution in [2.45, 2.75) is 71.0 Å². The van der Waals surface area contributed by atoms with E-state index in [1.165, 1.54) is 30.4 Å². The smallest absolute Gasteiger partial charge is 0.0808 e. The van der Waals surface area contributed by atoms with Crippen LogP contribution in [0, 0.1) is 5.92 Å². The highest BCUT2D eigenvalue weighted by Gasteiger charge is 2.34. The summed E-state index contributed by atoms with van der Waals surface area (Å²) in [5, 5.41) is 0. The molecule has 0 spiro atoms. The van der Waals surface area contributed by atoms with Crippen LogP contribution in [0.3, 0.4) is 0 Å². The Morgan fingerprint density at radius 3 is 2.29 bits per heavy atom. The van der Waals surface area contributed by atoms with E-state index < -0.39 is 0 Å². The van der Waals surface area contributed by atoms with Gasteiger partial charge in [0.25, 0.3) is 0 Å². The van der Waals surface area contributed by atoms with Crippen LogP contribution >= 0.6 is 0 Å². The average Bonchev–Trinajstić information content (AvgIpc) is 2.54. The summed E-state index contributed by atoms with van der Waals surface area (Å²) in [7, 11) is 0. The fourth-order valence-electron chi connectivity index (χ4n) is 3.25. The van der Waals surface area contributed by atoms with Crippen molar-refractivity contribution in [3.8, 4) is 0 Å². The second kappa shape index (κ2) is 7.42. The van der Waals surface area contributed by atoms with Crippen LogP contribution in [0.15, 0.2) is 24.3 Å². The highest BCUT2D eigenvalue weighted by atomic mass is 16.5. The summed E-state index contributed by atoms with van der Waals surface area (Å²) in [4.78, 5) is 0.